The van der Waals surface area contributed by atoms with E-state index in [2.05, 4.69) is 43.4 Å². The molecule has 0 bridgehead atoms. The van der Waals surface area contributed by atoms with Crippen LogP contribution in [0.1, 0.15) is 42.5 Å². The summed E-state index contributed by atoms with van der Waals surface area (Å²) in [6.45, 7) is 5.83. The number of rotatable bonds is 4. The Morgan fingerprint density at radius 3 is 2.67 bits per heavy atom. The summed E-state index contributed by atoms with van der Waals surface area (Å²) in [6, 6.07) is 14.2. The second kappa shape index (κ2) is 5.78. The predicted octanol–water partition coefficient (Wildman–Crippen LogP) is 3.74. The molecule has 1 unspecified atom stereocenters. The monoisotopic (exact) mass is 283 g/mol. The molecule has 0 aromatic heterocycles. The third-order valence-electron chi connectivity index (χ3n) is 3.98. The Bertz CT molecular complexity index is 620. The van der Waals surface area contributed by atoms with Gasteiger partial charge < -0.3 is 15.2 Å². The van der Waals surface area contributed by atoms with Crippen molar-refractivity contribution in [3.8, 4) is 11.5 Å². The highest BCUT2D eigenvalue weighted by molar-refractivity contribution is 5.44. The van der Waals surface area contributed by atoms with E-state index in [0.717, 1.165) is 17.9 Å². The lowest BCUT2D eigenvalue weighted by Gasteiger charge is -2.12. The standard InChI is InChI=1S/C18H21NO2/c1-12(2)14-5-3-13(4-6-14)10-19-17-11-21-18-9-15(20)7-8-16(17)18/h3-9,12,17,19-20H,10-11H2,1-2H3. The fourth-order valence-electron chi connectivity index (χ4n) is 2.63. The number of nitrogens with one attached hydrogen (secondary N) is 1. The van der Waals surface area contributed by atoms with Crippen LogP contribution in [0.25, 0.3) is 0 Å². The summed E-state index contributed by atoms with van der Waals surface area (Å²) in [4.78, 5) is 0. The number of aromatic hydroxyl groups is 1. The second-order valence-electron chi connectivity index (χ2n) is 5.86. The van der Waals surface area contributed by atoms with Crippen LogP contribution in [0.3, 0.4) is 0 Å². The Morgan fingerprint density at radius 1 is 1.19 bits per heavy atom. The van der Waals surface area contributed by atoms with Gasteiger partial charge in [0.05, 0.1) is 6.04 Å². The van der Waals surface area contributed by atoms with Crippen molar-refractivity contribution in [3.05, 3.63) is 59.2 Å². The Hall–Kier alpha value is -2.00. The van der Waals surface area contributed by atoms with E-state index >= 15 is 0 Å². The lowest BCUT2D eigenvalue weighted by Crippen LogP contribution is -2.21. The van der Waals surface area contributed by atoms with Gasteiger partial charge in [-0.25, -0.2) is 0 Å². The predicted molar refractivity (Wildman–Crippen MR) is 83.7 cm³/mol. The highest BCUT2D eigenvalue weighted by Crippen LogP contribution is 2.34. The molecule has 0 radical (unpaired) electrons. The van der Waals surface area contributed by atoms with Crippen LogP contribution in [0.2, 0.25) is 0 Å². The van der Waals surface area contributed by atoms with E-state index in [-0.39, 0.29) is 11.8 Å². The number of benzene rings is 2. The second-order valence-corrected chi connectivity index (χ2v) is 5.86. The van der Waals surface area contributed by atoms with Gasteiger partial charge in [-0.3, -0.25) is 0 Å². The molecular weight excluding hydrogens is 262 g/mol. The minimum atomic E-state index is 0.186. The van der Waals surface area contributed by atoms with Crippen LogP contribution < -0.4 is 10.1 Å². The SMILES string of the molecule is CC(C)c1ccc(CNC2COc3cc(O)ccc32)cc1. The minimum Gasteiger partial charge on any atom is -0.508 e. The van der Waals surface area contributed by atoms with Crippen LogP contribution in [-0.4, -0.2) is 11.7 Å². The average molecular weight is 283 g/mol. The smallest absolute Gasteiger partial charge is 0.127 e. The number of phenols is 1. The number of hydrogen-bond donors (Lipinski definition) is 2. The molecule has 3 rings (SSSR count). The van der Waals surface area contributed by atoms with Crippen molar-refractivity contribution in [1.29, 1.82) is 0 Å². The van der Waals surface area contributed by atoms with Gasteiger partial charge in [0, 0.05) is 18.2 Å². The number of phenolic OH excluding ortho intramolecular Hbond substituents is 1. The van der Waals surface area contributed by atoms with Gasteiger partial charge in [-0.05, 0) is 29.2 Å². The van der Waals surface area contributed by atoms with Gasteiger partial charge in [0.2, 0.25) is 0 Å². The van der Waals surface area contributed by atoms with Gasteiger partial charge in [-0.2, -0.15) is 0 Å². The van der Waals surface area contributed by atoms with E-state index in [0.29, 0.717) is 12.5 Å². The van der Waals surface area contributed by atoms with Crippen LogP contribution in [0.15, 0.2) is 42.5 Å². The summed E-state index contributed by atoms with van der Waals surface area (Å²) in [5.74, 6) is 1.59. The molecule has 1 heterocycles. The summed E-state index contributed by atoms with van der Waals surface area (Å²) < 4.78 is 5.61. The minimum absolute atomic E-state index is 0.186. The maximum Gasteiger partial charge on any atom is 0.127 e. The van der Waals surface area contributed by atoms with Crippen molar-refractivity contribution < 1.29 is 9.84 Å². The molecule has 2 aromatic carbocycles. The van der Waals surface area contributed by atoms with Crippen LogP contribution in [0, 0.1) is 0 Å². The van der Waals surface area contributed by atoms with Gasteiger partial charge in [-0.15, -0.1) is 0 Å². The van der Waals surface area contributed by atoms with Crippen LogP contribution in [-0.2, 0) is 6.54 Å². The topological polar surface area (TPSA) is 41.5 Å². The van der Waals surface area contributed by atoms with E-state index in [1.807, 2.05) is 6.07 Å². The fourth-order valence-corrected chi connectivity index (χ4v) is 2.63. The van der Waals surface area contributed by atoms with E-state index in [4.69, 9.17) is 4.74 Å². The summed E-state index contributed by atoms with van der Waals surface area (Å²) in [6.07, 6.45) is 0. The lowest BCUT2D eigenvalue weighted by molar-refractivity contribution is 0.309. The van der Waals surface area contributed by atoms with Crippen LogP contribution in [0.5, 0.6) is 11.5 Å². The molecular formula is C18H21NO2. The first kappa shape index (κ1) is 14.0. The molecule has 3 nitrogen and oxygen atoms in total. The summed E-state index contributed by atoms with van der Waals surface area (Å²) >= 11 is 0. The molecule has 0 saturated carbocycles. The van der Waals surface area contributed by atoms with Crippen molar-refractivity contribution in [2.24, 2.45) is 0 Å². The van der Waals surface area contributed by atoms with Crippen molar-refractivity contribution in [1.82, 2.24) is 5.32 Å². The number of hydrogen-bond acceptors (Lipinski definition) is 3. The molecule has 1 aliphatic heterocycles. The zero-order valence-corrected chi connectivity index (χ0v) is 12.5. The highest BCUT2D eigenvalue weighted by Gasteiger charge is 2.23. The van der Waals surface area contributed by atoms with Gasteiger partial charge in [0.25, 0.3) is 0 Å². The Labute approximate surface area is 125 Å². The average Bonchev–Trinajstić information content (AvgIpc) is 2.87. The largest absolute Gasteiger partial charge is 0.508 e. The molecule has 0 aliphatic carbocycles. The first-order valence-electron chi connectivity index (χ1n) is 7.41. The van der Waals surface area contributed by atoms with Crippen LogP contribution in [0.4, 0.5) is 0 Å². The quantitative estimate of drug-likeness (QED) is 0.898. The van der Waals surface area contributed by atoms with E-state index in [1.165, 1.54) is 11.1 Å². The number of ether oxygens (including phenoxy) is 1. The van der Waals surface area contributed by atoms with Gasteiger partial charge >= 0.3 is 0 Å². The first-order chi connectivity index (χ1) is 10.1. The number of fused-ring (bicyclic) bond motifs is 1. The van der Waals surface area contributed by atoms with Gasteiger partial charge in [0.1, 0.15) is 18.1 Å². The van der Waals surface area contributed by atoms with Gasteiger partial charge in [0.15, 0.2) is 0 Å². The van der Waals surface area contributed by atoms with Crippen molar-refractivity contribution >= 4 is 0 Å². The normalized spacial score (nSPS) is 16.8. The Kier molecular flexibility index (Phi) is 3.84. The maximum atomic E-state index is 9.46. The highest BCUT2D eigenvalue weighted by atomic mass is 16.5. The molecule has 21 heavy (non-hydrogen) atoms. The maximum absolute atomic E-state index is 9.46. The summed E-state index contributed by atoms with van der Waals surface area (Å²) in [5, 5.41) is 13.0. The molecule has 1 atom stereocenters. The molecule has 0 saturated heterocycles. The van der Waals surface area contributed by atoms with E-state index in [9.17, 15) is 5.11 Å². The molecule has 1 aliphatic rings. The first-order valence-corrected chi connectivity index (χ1v) is 7.41. The van der Waals surface area contributed by atoms with Crippen molar-refractivity contribution in [3.63, 3.8) is 0 Å². The summed E-state index contributed by atoms with van der Waals surface area (Å²) in [5.41, 5.74) is 3.75. The zero-order chi connectivity index (χ0) is 14.8. The third kappa shape index (κ3) is 3.03. The van der Waals surface area contributed by atoms with E-state index in [1.54, 1.807) is 12.1 Å². The van der Waals surface area contributed by atoms with Crippen LogP contribution >= 0.6 is 0 Å². The molecule has 2 N–H and O–H groups in total. The van der Waals surface area contributed by atoms with Crippen molar-refractivity contribution in [2.45, 2.75) is 32.4 Å². The molecule has 0 fully saturated rings. The summed E-state index contributed by atoms with van der Waals surface area (Å²) in [7, 11) is 0. The Balaban J connectivity index is 1.64. The zero-order valence-electron chi connectivity index (χ0n) is 12.5. The van der Waals surface area contributed by atoms with E-state index < -0.39 is 0 Å². The lowest BCUT2D eigenvalue weighted by atomic mass is 10.0. The Morgan fingerprint density at radius 2 is 1.95 bits per heavy atom. The van der Waals surface area contributed by atoms with Gasteiger partial charge in [-0.1, -0.05) is 38.1 Å². The molecule has 0 amide bonds. The third-order valence-corrected chi connectivity index (χ3v) is 3.98. The fraction of sp³-hybridized carbons (Fsp3) is 0.333. The molecule has 3 heteroatoms. The van der Waals surface area contributed by atoms with Crippen molar-refractivity contribution in [2.75, 3.05) is 6.61 Å². The molecule has 0 spiro atoms. The molecule has 2 aromatic rings. The molecule has 110 valence electrons.